The van der Waals surface area contributed by atoms with Gasteiger partial charge in [-0.2, -0.15) is 0 Å². The van der Waals surface area contributed by atoms with Crippen LogP contribution in [0.3, 0.4) is 0 Å². The molecule has 1 heterocycles. The maximum absolute atomic E-state index is 9.47. The van der Waals surface area contributed by atoms with E-state index in [0.717, 1.165) is 43.1 Å². The normalized spacial score (nSPS) is 11.3. The molecule has 0 aliphatic heterocycles. The quantitative estimate of drug-likeness (QED) is 0.541. The van der Waals surface area contributed by atoms with Crippen molar-refractivity contribution >= 4 is 5.96 Å². The second kappa shape index (κ2) is 9.46. The number of rotatable bonds is 7. The molecular weight excluding hydrogens is 288 g/mol. The first kappa shape index (κ1) is 16.8. The zero-order valence-electron chi connectivity index (χ0n) is 13.5. The van der Waals surface area contributed by atoms with Crippen molar-refractivity contribution in [2.24, 2.45) is 4.99 Å². The van der Waals surface area contributed by atoms with E-state index < -0.39 is 0 Å². The Balaban J connectivity index is 1.79. The molecule has 0 aliphatic carbocycles. The lowest BCUT2D eigenvalue weighted by atomic mass is 10.1. The van der Waals surface area contributed by atoms with Crippen LogP contribution in [-0.4, -0.2) is 35.7 Å². The summed E-state index contributed by atoms with van der Waals surface area (Å²) in [6.45, 7) is 4.32. The number of aromatic nitrogens is 1. The lowest BCUT2D eigenvalue weighted by Crippen LogP contribution is -2.38. The Kier molecular flexibility index (Phi) is 6.91. The van der Waals surface area contributed by atoms with E-state index in [2.05, 4.69) is 20.6 Å². The minimum absolute atomic E-state index is 0.304. The van der Waals surface area contributed by atoms with Gasteiger partial charge in [-0.1, -0.05) is 18.2 Å². The monoisotopic (exact) mass is 312 g/mol. The molecule has 0 spiro atoms. The van der Waals surface area contributed by atoms with E-state index in [0.29, 0.717) is 12.3 Å². The van der Waals surface area contributed by atoms with E-state index in [1.54, 1.807) is 18.3 Å². The van der Waals surface area contributed by atoms with Gasteiger partial charge < -0.3 is 15.7 Å². The van der Waals surface area contributed by atoms with E-state index in [1.165, 1.54) is 0 Å². The highest BCUT2D eigenvalue weighted by atomic mass is 16.3. The summed E-state index contributed by atoms with van der Waals surface area (Å²) in [5.41, 5.74) is 2.15. The fraction of sp³-hybridized carbons (Fsp3) is 0.333. The summed E-state index contributed by atoms with van der Waals surface area (Å²) in [5.74, 6) is 1.11. The van der Waals surface area contributed by atoms with Crippen molar-refractivity contribution in [2.75, 3.05) is 19.6 Å². The maximum atomic E-state index is 9.47. The summed E-state index contributed by atoms with van der Waals surface area (Å²) in [6.07, 6.45) is 3.46. The summed E-state index contributed by atoms with van der Waals surface area (Å²) < 4.78 is 0. The van der Waals surface area contributed by atoms with Gasteiger partial charge in [0.15, 0.2) is 5.96 Å². The Bertz CT molecular complexity index is 613. The number of pyridine rings is 1. The average Bonchev–Trinajstić information content (AvgIpc) is 2.56. The molecule has 1 aromatic carbocycles. The third-order valence-electron chi connectivity index (χ3n) is 3.32. The van der Waals surface area contributed by atoms with E-state index >= 15 is 0 Å². The average molecular weight is 312 g/mol. The van der Waals surface area contributed by atoms with Crippen molar-refractivity contribution < 1.29 is 5.11 Å². The largest absolute Gasteiger partial charge is 0.508 e. The SMILES string of the molecule is CCNC(=NCCc1ccccn1)NCCc1cccc(O)c1. The molecule has 23 heavy (non-hydrogen) atoms. The number of hydrogen-bond acceptors (Lipinski definition) is 3. The Morgan fingerprint density at radius 3 is 2.78 bits per heavy atom. The highest BCUT2D eigenvalue weighted by molar-refractivity contribution is 5.79. The molecule has 0 aliphatic rings. The summed E-state index contributed by atoms with van der Waals surface area (Å²) in [6, 6.07) is 13.2. The molecule has 1 aromatic heterocycles. The van der Waals surface area contributed by atoms with E-state index in [1.807, 2.05) is 37.3 Å². The predicted molar refractivity (Wildman–Crippen MR) is 93.7 cm³/mol. The number of nitrogens with zero attached hydrogens (tertiary/aromatic N) is 2. The standard InChI is InChI=1S/C18H24N4O/c1-2-19-18(22-13-10-16-7-3-4-11-20-16)21-12-9-15-6-5-8-17(23)14-15/h3-8,11,14,23H,2,9-10,12-13H2,1H3,(H2,19,21,22). The van der Waals surface area contributed by atoms with Crippen LogP contribution in [0.4, 0.5) is 0 Å². The van der Waals surface area contributed by atoms with Crippen LogP contribution >= 0.6 is 0 Å². The first-order chi connectivity index (χ1) is 11.3. The van der Waals surface area contributed by atoms with Gasteiger partial charge in [0.2, 0.25) is 0 Å². The Morgan fingerprint density at radius 2 is 2.04 bits per heavy atom. The van der Waals surface area contributed by atoms with E-state index in [-0.39, 0.29) is 0 Å². The molecule has 0 saturated heterocycles. The van der Waals surface area contributed by atoms with Gasteiger partial charge in [0.25, 0.3) is 0 Å². The van der Waals surface area contributed by atoms with Crippen LogP contribution in [0, 0.1) is 0 Å². The zero-order chi connectivity index (χ0) is 16.3. The van der Waals surface area contributed by atoms with Gasteiger partial charge in [-0.05, 0) is 43.2 Å². The van der Waals surface area contributed by atoms with Crippen molar-refractivity contribution in [2.45, 2.75) is 19.8 Å². The van der Waals surface area contributed by atoms with Crippen LogP contribution in [-0.2, 0) is 12.8 Å². The Morgan fingerprint density at radius 1 is 1.13 bits per heavy atom. The molecule has 0 bridgehead atoms. The number of phenols is 1. The van der Waals surface area contributed by atoms with Gasteiger partial charge >= 0.3 is 0 Å². The van der Waals surface area contributed by atoms with Crippen LogP contribution < -0.4 is 10.6 Å². The number of nitrogens with one attached hydrogen (secondary N) is 2. The lowest BCUT2D eigenvalue weighted by Gasteiger charge is -2.11. The maximum Gasteiger partial charge on any atom is 0.191 e. The highest BCUT2D eigenvalue weighted by Gasteiger charge is 1.99. The summed E-state index contributed by atoms with van der Waals surface area (Å²) in [7, 11) is 0. The van der Waals surface area contributed by atoms with Gasteiger partial charge in [0, 0.05) is 37.9 Å². The molecule has 0 saturated carbocycles. The van der Waals surface area contributed by atoms with Gasteiger partial charge in [0.05, 0.1) is 0 Å². The molecule has 122 valence electrons. The highest BCUT2D eigenvalue weighted by Crippen LogP contribution is 2.10. The third kappa shape index (κ3) is 6.38. The molecule has 3 N–H and O–H groups in total. The second-order valence-electron chi connectivity index (χ2n) is 5.18. The smallest absolute Gasteiger partial charge is 0.191 e. The lowest BCUT2D eigenvalue weighted by molar-refractivity contribution is 0.474. The molecular formula is C18H24N4O. The zero-order valence-corrected chi connectivity index (χ0v) is 13.5. The summed E-state index contributed by atoms with van der Waals surface area (Å²) in [5, 5.41) is 16.0. The molecule has 0 unspecified atom stereocenters. The van der Waals surface area contributed by atoms with Crippen LogP contribution in [0.5, 0.6) is 5.75 Å². The fourth-order valence-corrected chi connectivity index (χ4v) is 2.21. The van der Waals surface area contributed by atoms with Crippen LogP contribution in [0.15, 0.2) is 53.7 Å². The fourth-order valence-electron chi connectivity index (χ4n) is 2.21. The van der Waals surface area contributed by atoms with E-state index in [4.69, 9.17) is 0 Å². The van der Waals surface area contributed by atoms with Crippen molar-refractivity contribution in [3.63, 3.8) is 0 Å². The minimum atomic E-state index is 0.304. The van der Waals surface area contributed by atoms with Crippen molar-refractivity contribution in [1.29, 1.82) is 0 Å². The van der Waals surface area contributed by atoms with Gasteiger partial charge in [-0.25, -0.2) is 0 Å². The van der Waals surface area contributed by atoms with Gasteiger partial charge in [-0.3, -0.25) is 9.98 Å². The molecule has 5 heteroatoms. The Labute approximate surface area is 137 Å². The number of aliphatic imine (C=N–C) groups is 1. The predicted octanol–water partition coefficient (Wildman–Crippen LogP) is 2.13. The van der Waals surface area contributed by atoms with Gasteiger partial charge in [0.1, 0.15) is 5.75 Å². The minimum Gasteiger partial charge on any atom is -0.508 e. The van der Waals surface area contributed by atoms with Crippen LogP contribution in [0.25, 0.3) is 0 Å². The summed E-state index contributed by atoms with van der Waals surface area (Å²) >= 11 is 0. The van der Waals surface area contributed by atoms with Crippen molar-refractivity contribution in [3.8, 4) is 5.75 Å². The molecule has 5 nitrogen and oxygen atoms in total. The van der Waals surface area contributed by atoms with Crippen LogP contribution in [0.2, 0.25) is 0 Å². The van der Waals surface area contributed by atoms with Crippen LogP contribution in [0.1, 0.15) is 18.2 Å². The number of benzene rings is 1. The first-order valence-corrected chi connectivity index (χ1v) is 7.98. The van der Waals surface area contributed by atoms with Gasteiger partial charge in [-0.15, -0.1) is 0 Å². The third-order valence-corrected chi connectivity index (χ3v) is 3.32. The van der Waals surface area contributed by atoms with Crippen molar-refractivity contribution in [1.82, 2.24) is 15.6 Å². The number of phenolic OH excluding ortho intramolecular Hbond substituents is 1. The number of guanidine groups is 1. The molecule has 0 amide bonds. The topological polar surface area (TPSA) is 69.5 Å². The van der Waals surface area contributed by atoms with E-state index in [9.17, 15) is 5.11 Å². The summed E-state index contributed by atoms with van der Waals surface area (Å²) in [4.78, 5) is 8.86. The molecule has 0 atom stereocenters. The number of aromatic hydroxyl groups is 1. The van der Waals surface area contributed by atoms with Crippen molar-refractivity contribution in [3.05, 3.63) is 59.9 Å². The number of hydrogen-bond donors (Lipinski definition) is 3. The molecule has 0 radical (unpaired) electrons. The molecule has 0 fully saturated rings. The molecule has 2 rings (SSSR count). The first-order valence-electron chi connectivity index (χ1n) is 7.98. The second-order valence-corrected chi connectivity index (χ2v) is 5.18. The molecule has 2 aromatic rings. The Hall–Kier alpha value is -2.56.